The third-order valence-electron chi connectivity index (χ3n) is 4.91. The summed E-state index contributed by atoms with van der Waals surface area (Å²) in [7, 11) is 0. The third kappa shape index (κ3) is 8.25. The number of carbonyl (C=O) groups is 4. The van der Waals surface area contributed by atoms with Gasteiger partial charge in [0.05, 0.1) is 12.2 Å². The summed E-state index contributed by atoms with van der Waals surface area (Å²) < 4.78 is 0. The zero-order valence-electron chi connectivity index (χ0n) is 18.4. The zero-order chi connectivity index (χ0) is 23.8. The van der Waals surface area contributed by atoms with Gasteiger partial charge in [0.2, 0.25) is 17.7 Å². The Kier molecular flexibility index (Phi) is 11.5. The third-order valence-corrected chi connectivity index (χ3v) is 4.91. The van der Waals surface area contributed by atoms with Crippen LogP contribution in [0.5, 0.6) is 0 Å². The lowest BCUT2D eigenvalue weighted by Crippen LogP contribution is -2.61. The van der Waals surface area contributed by atoms with Gasteiger partial charge in [0.15, 0.2) is 0 Å². The predicted octanol–water partition coefficient (Wildman–Crippen LogP) is -1.68. The fourth-order valence-electron chi connectivity index (χ4n) is 2.58. The minimum absolute atomic E-state index is 0.374. The van der Waals surface area contributed by atoms with Gasteiger partial charge in [-0.25, -0.2) is 4.79 Å². The Morgan fingerprint density at radius 2 is 1.20 bits per heavy atom. The number of nitrogens with two attached hydrogens (primary N) is 1. The van der Waals surface area contributed by atoms with E-state index in [0.717, 1.165) is 0 Å². The number of carboxylic acid groups (broad SMARTS) is 1. The molecule has 0 fully saturated rings. The summed E-state index contributed by atoms with van der Waals surface area (Å²) in [5.74, 6) is -4.37. The smallest absolute Gasteiger partial charge is 0.326 e. The molecule has 174 valence electrons. The maximum Gasteiger partial charge on any atom is 0.326 e. The molecule has 7 atom stereocenters. The summed E-state index contributed by atoms with van der Waals surface area (Å²) >= 11 is 0. The highest BCUT2D eigenvalue weighted by molar-refractivity contribution is 5.94. The molecule has 0 aromatic rings. The molecule has 0 aliphatic carbocycles. The van der Waals surface area contributed by atoms with Gasteiger partial charge >= 0.3 is 5.97 Å². The first-order valence-corrected chi connectivity index (χ1v) is 10.00. The van der Waals surface area contributed by atoms with Crippen LogP contribution in [0.15, 0.2) is 0 Å². The van der Waals surface area contributed by atoms with Crippen LogP contribution in [-0.2, 0) is 19.2 Å². The highest BCUT2D eigenvalue weighted by Crippen LogP contribution is 2.10. The zero-order valence-corrected chi connectivity index (χ0v) is 18.4. The second-order valence-corrected chi connectivity index (χ2v) is 7.93. The van der Waals surface area contributed by atoms with E-state index in [9.17, 15) is 34.5 Å². The first-order chi connectivity index (χ1) is 13.7. The molecular formula is C19H36N4O7. The Hall–Kier alpha value is -2.24. The number of amides is 3. The lowest BCUT2D eigenvalue weighted by atomic mass is 9.98. The normalized spacial score (nSPS) is 18.3. The topological polar surface area (TPSA) is 191 Å². The number of rotatable bonds is 12. The largest absolute Gasteiger partial charge is 0.480 e. The maximum atomic E-state index is 12.7. The van der Waals surface area contributed by atoms with E-state index < -0.39 is 66.0 Å². The monoisotopic (exact) mass is 432 g/mol. The van der Waals surface area contributed by atoms with Crippen LogP contribution >= 0.6 is 0 Å². The molecule has 0 radical (unpaired) electrons. The number of hydrogen-bond acceptors (Lipinski definition) is 7. The van der Waals surface area contributed by atoms with E-state index in [1.165, 1.54) is 13.8 Å². The first-order valence-electron chi connectivity index (χ1n) is 10.00. The van der Waals surface area contributed by atoms with Crippen LogP contribution in [-0.4, -0.2) is 75.4 Å². The van der Waals surface area contributed by atoms with Crippen molar-refractivity contribution >= 4 is 23.7 Å². The molecule has 7 unspecified atom stereocenters. The van der Waals surface area contributed by atoms with Crippen molar-refractivity contribution < 1.29 is 34.5 Å². The maximum absolute atomic E-state index is 12.7. The van der Waals surface area contributed by atoms with Gasteiger partial charge < -0.3 is 37.0 Å². The van der Waals surface area contributed by atoms with Crippen molar-refractivity contribution in [2.45, 2.75) is 84.3 Å². The molecule has 0 aromatic carbocycles. The van der Waals surface area contributed by atoms with Crippen molar-refractivity contribution in [1.29, 1.82) is 0 Å². The molecule has 0 aromatic heterocycles. The van der Waals surface area contributed by atoms with Gasteiger partial charge in [0, 0.05) is 0 Å². The summed E-state index contributed by atoms with van der Waals surface area (Å²) in [6.07, 6.45) is -1.97. The summed E-state index contributed by atoms with van der Waals surface area (Å²) in [6.45, 7) is 9.34. The Labute approximate surface area is 176 Å². The van der Waals surface area contributed by atoms with Crippen LogP contribution < -0.4 is 21.7 Å². The van der Waals surface area contributed by atoms with E-state index in [0.29, 0.717) is 6.42 Å². The summed E-state index contributed by atoms with van der Waals surface area (Å²) in [5.41, 5.74) is 5.58. The average Bonchev–Trinajstić information content (AvgIpc) is 2.65. The van der Waals surface area contributed by atoms with Crippen molar-refractivity contribution in [3.05, 3.63) is 0 Å². The number of aliphatic carboxylic acids is 1. The molecule has 0 bridgehead atoms. The Morgan fingerprint density at radius 1 is 0.767 bits per heavy atom. The molecule has 0 heterocycles. The number of aliphatic hydroxyl groups is 2. The van der Waals surface area contributed by atoms with Crippen LogP contribution in [0.2, 0.25) is 0 Å². The van der Waals surface area contributed by atoms with E-state index in [2.05, 4.69) is 16.0 Å². The van der Waals surface area contributed by atoms with Crippen LogP contribution in [0.25, 0.3) is 0 Å². The van der Waals surface area contributed by atoms with E-state index >= 15 is 0 Å². The van der Waals surface area contributed by atoms with Gasteiger partial charge in [-0.15, -0.1) is 0 Å². The molecule has 30 heavy (non-hydrogen) atoms. The summed E-state index contributed by atoms with van der Waals surface area (Å²) in [5, 5.41) is 35.9. The van der Waals surface area contributed by atoms with E-state index in [4.69, 9.17) is 5.73 Å². The fraction of sp³-hybridized carbons (Fsp3) is 0.789. The summed E-state index contributed by atoms with van der Waals surface area (Å²) in [6, 6.07) is -4.97. The van der Waals surface area contributed by atoms with E-state index in [1.807, 2.05) is 0 Å². The van der Waals surface area contributed by atoms with Gasteiger partial charge in [0.25, 0.3) is 0 Å². The number of nitrogens with one attached hydrogen (secondary N) is 3. The van der Waals surface area contributed by atoms with Crippen LogP contribution in [0, 0.1) is 11.8 Å². The number of hydrogen-bond donors (Lipinski definition) is 7. The first kappa shape index (κ1) is 27.8. The minimum atomic E-state index is -1.44. The van der Waals surface area contributed by atoms with Gasteiger partial charge in [-0.2, -0.15) is 0 Å². The van der Waals surface area contributed by atoms with Gasteiger partial charge in [-0.3, -0.25) is 14.4 Å². The van der Waals surface area contributed by atoms with Gasteiger partial charge in [-0.05, 0) is 25.7 Å². The molecule has 11 heteroatoms. The molecule has 0 aliphatic rings. The number of aliphatic hydroxyl groups excluding tert-OH is 2. The predicted molar refractivity (Wildman–Crippen MR) is 109 cm³/mol. The minimum Gasteiger partial charge on any atom is -0.480 e. The van der Waals surface area contributed by atoms with E-state index in [-0.39, 0.29) is 5.92 Å². The standard InChI is InChI=1S/C19H36N4O7/c1-7-9(4)14(19(29)30)22-18(28)15(11(6)25)23-17(27)13(8(2)3)21-16(26)12(20)10(5)24/h8-15,24-25H,7,20H2,1-6H3,(H,21,26)(H,22,28)(H,23,27)(H,29,30). The van der Waals surface area contributed by atoms with Crippen molar-refractivity contribution in [3.8, 4) is 0 Å². The van der Waals surface area contributed by atoms with Gasteiger partial charge in [-0.1, -0.05) is 34.1 Å². The van der Waals surface area contributed by atoms with Crippen LogP contribution in [0.1, 0.15) is 48.0 Å². The number of carbonyl (C=O) groups excluding carboxylic acids is 3. The SMILES string of the molecule is CCC(C)C(NC(=O)C(NC(=O)C(NC(=O)C(N)C(C)O)C(C)C)C(C)O)C(=O)O. The fourth-order valence-corrected chi connectivity index (χ4v) is 2.58. The average molecular weight is 433 g/mol. The van der Waals surface area contributed by atoms with Crippen LogP contribution in [0.3, 0.4) is 0 Å². The second kappa shape index (κ2) is 12.5. The lowest BCUT2D eigenvalue weighted by Gasteiger charge is -2.29. The lowest BCUT2D eigenvalue weighted by molar-refractivity contribution is -0.144. The van der Waals surface area contributed by atoms with Crippen molar-refractivity contribution in [1.82, 2.24) is 16.0 Å². The van der Waals surface area contributed by atoms with E-state index in [1.54, 1.807) is 27.7 Å². The molecule has 3 amide bonds. The molecule has 8 N–H and O–H groups in total. The highest BCUT2D eigenvalue weighted by Gasteiger charge is 2.35. The highest BCUT2D eigenvalue weighted by atomic mass is 16.4. The van der Waals surface area contributed by atoms with Crippen molar-refractivity contribution in [2.75, 3.05) is 0 Å². The molecule has 0 rings (SSSR count). The molecule has 11 nitrogen and oxygen atoms in total. The quantitative estimate of drug-likeness (QED) is 0.190. The van der Waals surface area contributed by atoms with Gasteiger partial charge in [0.1, 0.15) is 24.2 Å². The Balaban J connectivity index is 5.42. The second-order valence-electron chi connectivity index (χ2n) is 7.93. The summed E-state index contributed by atoms with van der Waals surface area (Å²) in [4.78, 5) is 48.8. The number of carboxylic acids is 1. The van der Waals surface area contributed by atoms with Crippen molar-refractivity contribution in [3.63, 3.8) is 0 Å². The molecular weight excluding hydrogens is 396 g/mol. The molecule has 0 saturated heterocycles. The Morgan fingerprint density at radius 3 is 1.57 bits per heavy atom. The molecule has 0 saturated carbocycles. The molecule has 0 aliphatic heterocycles. The molecule has 0 spiro atoms. The van der Waals surface area contributed by atoms with Crippen molar-refractivity contribution in [2.24, 2.45) is 17.6 Å². The van der Waals surface area contributed by atoms with Crippen LogP contribution in [0.4, 0.5) is 0 Å². The Bertz CT molecular complexity index is 610.